The van der Waals surface area contributed by atoms with E-state index < -0.39 is 0 Å². The van der Waals surface area contributed by atoms with Crippen LogP contribution in [0.2, 0.25) is 0 Å². The fraction of sp³-hybridized carbons (Fsp3) is 0.300. The molecule has 0 aromatic heterocycles. The molecule has 3 rings (SSSR count). The van der Waals surface area contributed by atoms with E-state index in [1.165, 1.54) is 6.08 Å². The van der Waals surface area contributed by atoms with E-state index in [1.54, 1.807) is 44.6 Å². The lowest BCUT2D eigenvalue weighted by atomic mass is 10.1. The molecule has 2 aromatic rings. The first-order valence-corrected chi connectivity index (χ1v) is 8.60. The summed E-state index contributed by atoms with van der Waals surface area (Å²) in [4.78, 5) is 30.8. The van der Waals surface area contributed by atoms with Gasteiger partial charge >= 0.3 is 0 Å². The van der Waals surface area contributed by atoms with Crippen LogP contribution >= 0.6 is 0 Å². The minimum atomic E-state index is -0.0393. The van der Waals surface area contributed by atoms with Crippen LogP contribution in [0.4, 0.5) is 11.4 Å². The highest BCUT2D eigenvalue weighted by Crippen LogP contribution is 2.25. The molecule has 0 radical (unpaired) electrons. The first-order valence-electron chi connectivity index (χ1n) is 8.60. The number of carbonyl (C=O) groups excluding carboxylic acids is 2. The lowest BCUT2D eigenvalue weighted by molar-refractivity contribution is 0.0746. The van der Waals surface area contributed by atoms with E-state index in [9.17, 15) is 9.59 Å². The van der Waals surface area contributed by atoms with Gasteiger partial charge in [0.15, 0.2) is 0 Å². The van der Waals surface area contributed by atoms with Crippen LogP contribution in [0.1, 0.15) is 10.4 Å². The average molecular weight is 367 g/mol. The normalized spacial score (nSPS) is 13.7. The number of benzene rings is 2. The molecule has 140 valence electrons. The van der Waals surface area contributed by atoms with Crippen LogP contribution in [0.25, 0.3) is 0 Å². The summed E-state index contributed by atoms with van der Waals surface area (Å²) >= 11 is 0. The number of ether oxygens (including phenoxy) is 2. The van der Waals surface area contributed by atoms with E-state index in [4.69, 9.17) is 9.47 Å². The Hall–Kier alpha value is -3.31. The molecule has 1 saturated heterocycles. The van der Waals surface area contributed by atoms with Crippen molar-refractivity contribution in [1.82, 2.24) is 4.90 Å². The van der Waals surface area contributed by atoms with Crippen LogP contribution in [-0.2, 0) is 4.79 Å². The van der Waals surface area contributed by atoms with E-state index in [2.05, 4.69) is 9.89 Å². The van der Waals surface area contributed by atoms with Crippen LogP contribution in [0.5, 0.6) is 11.5 Å². The molecule has 1 fully saturated rings. The Morgan fingerprint density at radius 3 is 2.07 bits per heavy atom. The second-order valence-corrected chi connectivity index (χ2v) is 6.10. The summed E-state index contributed by atoms with van der Waals surface area (Å²) in [5.41, 5.74) is 2.17. The van der Waals surface area contributed by atoms with Crippen molar-refractivity contribution in [3.05, 3.63) is 48.0 Å². The van der Waals surface area contributed by atoms with E-state index in [0.717, 1.165) is 18.8 Å². The van der Waals surface area contributed by atoms with Crippen LogP contribution in [0, 0.1) is 0 Å². The zero-order valence-electron chi connectivity index (χ0n) is 15.3. The molecule has 0 saturated carbocycles. The number of methoxy groups -OCH3 is 2. The Labute approximate surface area is 157 Å². The van der Waals surface area contributed by atoms with Gasteiger partial charge in [0.1, 0.15) is 11.5 Å². The maximum Gasteiger partial charge on any atom is 0.254 e. The van der Waals surface area contributed by atoms with Crippen molar-refractivity contribution in [2.24, 2.45) is 4.99 Å². The zero-order chi connectivity index (χ0) is 19.2. The third kappa shape index (κ3) is 4.27. The molecule has 0 N–H and O–H groups in total. The van der Waals surface area contributed by atoms with Gasteiger partial charge in [-0.2, -0.15) is 4.99 Å². The van der Waals surface area contributed by atoms with Gasteiger partial charge in [-0.3, -0.25) is 4.79 Å². The number of aliphatic imine (C=N–C) groups is 1. The monoisotopic (exact) mass is 367 g/mol. The predicted molar refractivity (Wildman–Crippen MR) is 102 cm³/mol. The molecule has 0 unspecified atom stereocenters. The quantitative estimate of drug-likeness (QED) is 0.600. The van der Waals surface area contributed by atoms with Gasteiger partial charge in [-0.25, -0.2) is 4.79 Å². The van der Waals surface area contributed by atoms with Crippen LogP contribution in [0.15, 0.2) is 47.5 Å². The van der Waals surface area contributed by atoms with Crippen molar-refractivity contribution in [3.8, 4) is 11.5 Å². The number of rotatable bonds is 5. The molecule has 7 heteroatoms. The van der Waals surface area contributed by atoms with Crippen molar-refractivity contribution in [2.45, 2.75) is 0 Å². The summed E-state index contributed by atoms with van der Waals surface area (Å²) in [6.45, 7) is 2.69. The van der Waals surface area contributed by atoms with E-state index in [0.29, 0.717) is 35.8 Å². The van der Waals surface area contributed by atoms with E-state index in [-0.39, 0.29) is 5.91 Å². The molecule has 0 aliphatic carbocycles. The van der Waals surface area contributed by atoms with Crippen LogP contribution in [-0.4, -0.2) is 57.3 Å². The molecule has 0 bridgehead atoms. The maximum absolute atomic E-state index is 12.8. The third-order valence-corrected chi connectivity index (χ3v) is 4.55. The Kier molecular flexibility index (Phi) is 5.74. The summed E-state index contributed by atoms with van der Waals surface area (Å²) in [5, 5.41) is 0. The van der Waals surface area contributed by atoms with Gasteiger partial charge in [-0.1, -0.05) is 0 Å². The lowest BCUT2D eigenvalue weighted by Gasteiger charge is -2.36. The number of hydrogen-bond acceptors (Lipinski definition) is 6. The van der Waals surface area contributed by atoms with Crippen molar-refractivity contribution >= 4 is 23.4 Å². The minimum absolute atomic E-state index is 0.0393. The summed E-state index contributed by atoms with van der Waals surface area (Å²) < 4.78 is 10.5. The fourth-order valence-electron chi connectivity index (χ4n) is 3.07. The lowest BCUT2D eigenvalue weighted by Crippen LogP contribution is -2.48. The van der Waals surface area contributed by atoms with Crippen molar-refractivity contribution in [2.75, 3.05) is 45.3 Å². The maximum atomic E-state index is 12.8. The molecule has 2 aromatic carbocycles. The molecule has 0 atom stereocenters. The van der Waals surface area contributed by atoms with Gasteiger partial charge in [0.2, 0.25) is 6.08 Å². The van der Waals surface area contributed by atoms with E-state index in [1.807, 2.05) is 17.0 Å². The molecule has 1 heterocycles. The van der Waals surface area contributed by atoms with Crippen molar-refractivity contribution < 1.29 is 19.1 Å². The fourth-order valence-corrected chi connectivity index (χ4v) is 3.07. The average Bonchev–Trinajstić information content (AvgIpc) is 2.73. The first-order chi connectivity index (χ1) is 13.1. The number of anilines is 1. The molecule has 27 heavy (non-hydrogen) atoms. The highest BCUT2D eigenvalue weighted by atomic mass is 16.5. The van der Waals surface area contributed by atoms with Gasteiger partial charge in [-0.05, 0) is 36.4 Å². The summed E-state index contributed by atoms with van der Waals surface area (Å²) in [5.74, 6) is 1.14. The first kappa shape index (κ1) is 18.5. The van der Waals surface area contributed by atoms with Crippen LogP contribution in [0.3, 0.4) is 0 Å². The summed E-state index contributed by atoms with van der Waals surface area (Å²) in [6, 6.07) is 12.6. The topological polar surface area (TPSA) is 71.4 Å². The molecular weight excluding hydrogens is 346 g/mol. The van der Waals surface area contributed by atoms with Crippen molar-refractivity contribution in [3.63, 3.8) is 0 Å². The number of piperazine rings is 1. The minimum Gasteiger partial charge on any atom is -0.497 e. The highest BCUT2D eigenvalue weighted by Gasteiger charge is 2.23. The molecular formula is C20H21N3O4. The number of isocyanates is 1. The van der Waals surface area contributed by atoms with Gasteiger partial charge in [0.25, 0.3) is 5.91 Å². The van der Waals surface area contributed by atoms with Gasteiger partial charge in [0, 0.05) is 43.5 Å². The molecule has 1 amide bonds. The molecule has 0 spiro atoms. The molecule has 1 aliphatic heterocycles. The molecule has 7 nitrogen and oxygen atoms in total. The molecule has 1 aliphatic rings. The number of nitrogens with zero attached hydrogens (tertiary/aromatic N) is 3. The Morgan fingerprint density at radius 2 is 1.56 bits per heavy atom. The SMILES string of the molecule is COc1cc(OC)cc(C(=O)N2CCN(c3ccc(N=C=O)cc3)CC2)c1. The van der Waals surface area contributed by atoms with Gasteiger partial charge < -0.3 is 19.3 Å². The highest BCUT2D eigenvalue weighted by molar-refractivity contribution is 5.95. The second-order valence-electron chi connectivity index (χ2n) is 6.10. The second kappa shape index (κ2) is 8.38. The summed E-state index contributed by atoms with van der Waals surface area (Å²) in [6.07, 6.45) is 1.53. The number of hydrogen-bond donors (Lipinski definition) is 0. The third-order valence-electron chi connectivity index (χ3n) is 4.55. The van der Waals surface area contributed by atoms with Gasteiger partial charge in [0.05, 0.1) is 19.9 Å². The standard InChI is InChI=1S/C20H21N3O4/c1-26-18-11-15(12-19(13-18)27-2)20(25)23-9-7-22(8-10-23)17-5-3-16(4-6-17)21-14-24/h3-6,11-13H,7-10H2,1-2H3. The van der Waals surface area contributed by atoms with E-state index >= 15 is 0 Å². The largest absolute Gasteiger partial charge is 0.497 e. The Bertz CT molecular complexity index is 830. The Morgan fingerprint density at radius 1 is 0.963 bits per heavy atom. The van der Waals surface area contributed by atoms with Crippen LogP contribution < -0.4 is 14.4 Å². The zero-order valence-corrected chi connectivity index (χ0v) is 15.3. The predicted octanol–water partition coefficient (Wildman–Crippen LogP) is 2.63. The van der Waals surface area contributed by atoms with Crippen molar-refractivity contribution in [1.29, 1.82) is 0 Å². The number of amides is 1. The Balaban J connectivity index is 1.66. The summed E-state index contributed by atoms with van der Waals surface area (Å²) in [7, 11) is 3.13. The number of carbonyl (C=O) groups is 1. The van der Waals surface area contributed by atoms with Gasteiger partial charge in [-0.15, -0.1) is 0 Å². The smallest absolute Gasteiger partial charge is 0.254 e.